The van der Waals surface area contributed by atoms with Crippen molar-refractivity contribution in [2.75, 3.05) is 14.2 Å². The van der Waals surface area contributed by atoms with Gasteiger partial charge in [0.25, 0.3) is 0 Å². The van der Waals surface area contributed by atoms with Gasteiger partial charge in [0.2, 0.25) is 0 Å². The second-order valence-electron chi connectivity index (χ2n) is 4.20. The molecule has 6 heteroatoms. The quantitative estimate of drug-likeness (QED) is 0.480. The van der Waals surface area contributed by atoms with Gasteiger partial charge < -0.3 is 9.47 Å². The number of methoxy groups -OCH3 is 2. The molecule has 0 atom stereocenters. The molecule has 0 aliphatic rings. The molecule has 2 aromatic rings. The average Bonchev–Trinajstić information content (AvgIpc) is 2.53. The SMILES string of the molecule is COc1ccc(C(=O)c2ccc(OC)c([N+](=O)[O-])c2)cc1. The van der Waals surface area contributed by atoms with Crippen LogP contribution < -0.4 is 9.47 Å². The Bertz CT molecular complexity index is 679. The normalized spacial score (nSPS) is 10.0. The highest BCUT2D eigenvalue weighted by Gasteiger charge is 2.19. The lowest BCUT2D eigenvalue weighted by Crippen LogP contribution is -2.03. The van der Waals surface area contributed by atoms with Gasteiger partial charge in [-0.15, -0.1) is 0 Å². The van der Waals surface area contributed by atoms with Crippen molar-refractivity contribution < 1.29 is 19.2 Å². The molecule has 0 fully saturated rings. The first-order valence-electron chi connectivity index (χ1n) is 6.08. The lowest BCUT2D eigenvalue weighted by molar-refractivity contribution is -0.385. The van der Waals surface area contributed by atoms with Crippen LogP contribution in [0.25, 0.3) is 0 Å². The minimum absolute atomic E-state index is 0.117. The maximum atomic E-state index is 12.3. The summed E-state index contributed by atoms with van der Waals surface area (Å²) in [6.45, 7) is 0. The summed E-state index contributed by atoms with van der Waals surface area (Å²) >= 11 is 0. The van der Waals surface area contributed by atoms with Crippen molar-refractivity contribution in [3.05, 3.63) is 63.7 Å². The zero-order valence-corrected chi connectivity index (χ0v) is 11.5. The molecule has 2 aromatic carbocycles. The van der Waals surface area contributed by atoms with Crippen molar-refractivity contribution >= 4 is 11.5 Å². The maximum Gasteiger partial charge on any atom is 0.311 e. The molecular weight excluding hydrogens is 274 g/mol. The molecule has 6 nitrogen and oxygen atoms in total. The summed E-state index contributed by atoms with van der Waals surface area (Å²) in [6, 6.07) is 10.7. The van der Waals surface area contributed by atoms with Crippen LogP contribution in [0, 0.1) is 10.1 Å². The second kappa shape index (κ2) is 6.04. The van der Waals surface area contributed by atoms with E-state index >= 15 is 0 Å². The molecule has 0 saturated carbocycles. The van der Waals surface area contributed by atoms with Crippen molar-refractivity contribution in [3.63, 3.8) is 0 Å². The van der Waals surface area contributed by atoms with E-state index in [4.69, 9.17) is 9.47 Å². The molecule has 0 radical (unpaired) electrons. The number of benzene rings is 2. The summed E-state index contributed by atoms with van der Waals surface area (Å²) in [5.74, 6) is 0.446. The van der Waals surface area contributed by atoms with E-state index in [1.54, 1.807) is 24.3 Å². The fourth-order valence-electron chi connectivity index (χ4n) is 1.88. The number of carbonyl (C=O) groups excluding carboxylic acids is 1. The molecule has 0 bridgehead atoms. The first kappa shape index (κ1) is 14.5. The van der Waals surface area contributed by atoms with Crippen LogP contribution >= 0.6 is 0 Å². The standard InChI is InChI=1S/C15H13NO5/c1-20-12-6-3-10(4-7-12)15(17)11-5-8-14(21-2)13(9-11)16(18)19/h3-9H,1-2H3. The number of hydrogen-bond donors (Lipinski definition) is 0. The topological polar surface area (TPSA) is 78.7 Å². The number of nitro benzene ring substituents is 1. The van der Waals surface area contributed by atoms with Crippen molar-refractivity contribution in [2.45, 2.75) is 0 Å². The van der Waals surface area contributed by atoms with Crippen molar-refractivity contribution in [1.29, 1.82) is 0 Å². The van der Waals surface area contributed by atoms with Gasteiger partial charge in [0.15, 0.2) is 11.5 Å². The number of ether oxygens (including phenoxy) is 2. The van der Waals surface area contributed by atoms with Gasteiger partial charge in [-0.05, 0) is 36.4 Å². The molecule has 0 spiro atoms. The number of ketones is 1. The van der Waals surface area contributed by atoms with Crippen LogP contribution in [-0.2, 0) is 0 Å². The van der Waals surface area contributed by atoms with Gasteiger partial charge in [-0.25, -0.2) is 0 Å². The summed E-state index contributed by atoms with van der Waals surface area (Å²) in [5.41, 5.74) is 0.416. The number of carbonyl (C=O) groups is 1. The van der Waals surface area contributed by atoms with Crippen LogP contribution in [0.2, 0.25) is 0 Å². The van der Waals surface area contributed by atoms with E-state index in [2.05, 4.69) is 0 Å². The Balaban J connectivity index is 2.38. The summed E-state index contributed by atoms with van der Waals surface area (Å²) in [6.07, 6.45) is 0. The lowest BCUT2D eigenvalue weighted by Gasteiger charge is -2.05. The van der Waals surface area contributed by atoms with Crippen LogP contribution in [0.1, 0.15) is 15.9 Å². The third-order valence-corrected chi connectivity index (χ3v) is 2.99. The zero-order chi connectivity index (χ0) is 15.4. The summed E-state index contributed by atoms with van der Waals surface area (Å²) in [5, 5.41) is 11.0. The Morgan fingerprint density at radius 2 is 1.62 bits per heavy atom. The number of rotatable bonds is 5. The van der Waals surface area contributed by atoms with Crippen LogP contribution in [0.3, 0.4) is 0 Å². The summed E-state index contributed by atoms with van der Waals surface area (Å²) < 4.78 is 9.93. The van der Waals surface area contributed by atoms with Crippen LogP contribution in [0.15, 0.2) is 42.5 Å². The van der Waals surface area contributed by atoms with Gasteiger partial charge in [0.05, 0.1) is 19.1 Å². The Morgan fingerprint density at radius 1 is 1.00 bits per heavy atom. The van der Waals surface area contributed by atoms with E-state index < -0.39 is 4.92 Å². The van der Waals surface area contributed by atoms with Crippen molar-refractivity contribution in [2.24, 2.45) is 0 Å². The largest absolute Gasteiger partial charge is 0.497 e. The van der Waals surface area contributed by atoms with Crippen molar-refractivity contribution in [3.8, 4) is 11.5 Å². The summed E-state index contributed by atoms with van der Waals surface area (Å²) in [7, 11) is 2.87. The van der Waals surface area contributed by atoms with Crippen LogP contribution in [0.4, 0.5) is 5.69 Å². The molecular formula is C15H13NO5. The van der Waals surface area contributed by atoms with E-state index in [-0.39, 0.29) is 22.8 Å². The smallest absolute Gasteiger partial charge is 0.311 e. The molecule has 0 aromatic heterocycles. The minimum atomic E-state index is -0.580. The molecule has 0 aliphatic heterocycles. The number of hydrogen-bond acceptors (Lipinski definition) is 5. The lowest BCUT2D eigenvalue weighted by atomic mass is 10.0. The average molecular weight is 287 g/mol. The third kappa shape index (κ3) is 3.00. The second-order valence-corrected chi connectivity index (χ2v) is 4.20. The number of nitrogens with zero attached hydrogens (tertiary/aromatic N) is 1. The fourth-order valence-corrected chi connectivity index (χ4v) is 1.88. The van der Waals surface area contributed by atoms with Gasteiger partial charge in [-0.2, -0.15) is 0 Å². The maximum absolute atomic E-state index is 12.3. The molecule has 0 saturated heterocycles. The Kier molecular flexibility index (Phi) is 4.18. The molecule has 0 N–H and O–H groups in total. The van der Waals surface area contributed by atoms with Gasteiger partial charge in [0.1, 0.15) is 5.75 Å². The molecule has 0 heterocycles. The van der Waals surface area contributed by atoms with E-state index in [9.17, 15) is 14.9 Å². The molecule has 0 amide bonds. The van der Waals surface area contributed by atoms with E-state index in [1.165, 1.54) is 32.4 Å². The summed E-state index contributed by atoms with van der Waals surface area (Å²) in [4.78, 5) is 22.7. The molecule has 21 heavy (non-hydrogen) atoms. The van der Waals surface area contributed by atoms with Crippen LogP contribution in [0.5, 0.6) is 11.5 Å². The van der Waals surface area contributed by atoms with Gasteiger partial charge in [-0.1, -0.05) is 0 Å². The Morgan fingerprint density at radius 3 is 2.14 bits per heavy atom. The number of nitro groups is 1. The van der Waals surface area contributed by atoms with Gasteiger partial charge in [-0.3, -0.25) is 14.9 Å². The zero-order valence-electron chi connectivity index (χ0n) is 11.5. The highest BCUT2D eigenvalue weighted by Crippen LogP contribution is 2.28. The Labute approximate surface area is 121 Å². The van der Waals surface area contributed by atoms with E-state index in [0.717, 1.165) is 0 Å². The monoisotopic (exact) mass is 287 g/mol. The van der Waals surface area contributed by atoms with Crippen molar-refractivity contribution in [1.82, 2.24) is 0 Å². The highest BCUT2D eigenvalue weighted by atomic mass is 16.6. The third-order valence-electron chi connectivity index (χ3n) is 2.99. The van der Waals surface area contributed by atoms with E-state index in [0.29, 0.717) is 11.3 Å². The molecule has 108 valence electrons. The molecule has 2 rings (SSSR count). The minimum Gasteiger partial charge on any atom is -0.497 e. The van der Waals surface area contributed by atoms with Gasteiger partial charge in [0, 0.05) is 17.2 Å². The fraction of sp³-hybridized carbons (Fsp3) is 0.133. The highest BCUT2D eigenvalue weighted by molar-refractivity contribution is 6.09. The first-order valence-corrected chi connectivity index (χ1v) is 6.08. The molecule has 0 aliphatic carbocycles. The van der Waals surface area contributed by atoms with E-state index in [1.807, 2.05) is 0 Å². The predicted molar refractivity (Wildman–Crippen MR) is 76.1 cm³/mol. The van der Waals surface area contributed by atoms with Crippen LogP contribution in [-0.4, -0.2) is 24.9 Å². The molecule has 0 unspecified atom stereocenters. The van der Waals surface area contributed by atoms with Gasteiger partial charge >= 0.3 is 5.69 Å². The Hall–Kier alpha value is -2.89. The predicted octanol–water partition coefficient (Wildman–Crippen LogP) is 2.84. The first-order chi connectivity index (χ1) is 10.1.